The minimum absolute atomic E-state index is 0.260. The number of aromatic nitrogens is 2. The van der Waals surface area contributed by atoms with Gasteiger partial charge in [-0.3, -0.25) is 4.57 Å². The fourth-order valence-electron chi connectivity index (χ4n) is 3.25. The SMILES string of the molecule is COc1cc2n(c(=O)n1)CCc1cc(CCCC(C)(C)O)ccc1-2. The van der Waals surface area contributed by atoms with Crippen molar-refractivity contribution < 1.29 is 9.84 Å². The molecular weight excluding hydrogens is 304 g/mol. The van der Waals surface area contributed by atoms with Crippen molar-refractivity contribution in [2.24, 2.45) is 0 Å². The van der Waals surface area contributed by atoms with E-state index in [0.29, 0.717) is 12.4 Å². The van der Waals surface area contributed by atoms with E-state index in [1.165, 1.54) is 18.2 Å². The molecule has 3 rings (SSSR count). The Hall–Kier alpha value is -2.14. The van der Waals surface area contributed by atoms with E-state index >= 15 is 0 Å². The lowest BCUT2D eigenvalue weighted by Crippen LogP contribution is -2.28. The molecule has 0 saturated carbocycles. The molecule has 0 aliphatic carbocycles. The lowest BCUT2D eigenvalue weighted by atomic mass is 9.93. The van der Waals surface area contributed by atoms with Crippen LogP contribution < -0.4 is 10.4 Å². The molecule has 24 heavy (non-hydrogen) atoms. The lowest BCUT2D eigenvalue weighted by molar-refractivity contribution is 0.0689. The molecule has 0 unspecified atom stereocenters. The minimum Gasteiger partial charge on any atom is -0.481 e. The van der Waals surface area contributed by atoms with E-state index in [2.05, 4.69) is 23.2 Å². The van der Waals surface area contributed by atoms with Crippen molar-refractivity contribution in [3.05, 3.63) is 45.9 Å². The van der Waals surface area contributed by atoms with Crippen LogP contribution in [0.2, 0.25) is 0 Å². The fourth-order valence-corrected chi connectivity index (χ4v) is 3.25. The highest BCUT2D eigenvalue weighted by molar-refractivity contribution is 5.67. The van der Waals surface area contributed by atoms with E-state index in [-0.39, 0.29) is 5.69 Å². The first-order valence-electron chi connectivity index (χ1n) is 8.38. The third-order valence-electron chi connectivity index (χ3n) is 4.50. The second-order valence-corrected chi connectivity index (χ2v) is 7.03. The average Bonchev–Trinajstić information content (AvgIpc) is 2.53. The molecule has 1 aliphatic heterocycles. The van der Waals surface area contributed by atoms with E-state index in [1.54, 1.807) is 4.57 Å². The largest absolute Gasteiger partial charge is 0.481 e. The van der Waals surface area contributed by atoms with Crippen molar-refractivity contribution in [1.29, 1.82) is 0 Å². The molecule has 5 heteroatoms. The number of aryl methyl sites for hydroxylation is 2. The number of methoxy groups -OCH3 is 1. The highest BCUT2D eigenvalue weighted by Crippen LogP contribution is 2.30. The van der Waals surface area contributed by atoms with Crippen molar-refractivity contribution in [3.8, 4) is 17.1 Å². The number of fused-ring (bicyclic) bond motifs is 3. The molecule has 0 saturated heterocycles. The van der Waals surface area contributed by atoms with Crippen molar-refractivity contribution in [3.63, 3.8) is 0 Å². The van der Waals surface area contributed by atoms with E-state index in [0.717, 1.165) is 36.9 Å². The number of ether oxygens (including phenoxy) is 1. The molecule has 2 aromatic rings. The molecule has 2 heterocycles. The Bertz CT molecular complexity index is 803. The first kappa shape index (κ1) is 16.7. The third kappa shape index (κ3) is 3.51. The van der Waals surface area contributed by atoms with Crippen LogP contribution in [-0.2, 0) is 19.4 Å². The van der Waals surface area contributed by atoms with Gasteiger partial charge in [0.1, 0.15) is 0 Å². The van der Waals surface area contributed by atoms with Gasteiger partial charge in [-0.25, -0.2) is 4.79 Å². The molecular formula is C19H24N2O3. The summed E-state index contributed by atoms with van der Waals surface area (Å²) in [6.07, 6.45) is 3.51. The van der Waals surface area contributed by atoms with E-state index in [4.69, 9.17) is 4.74 Å². The van der Waals surface area contributed by atoms with Gasteiger partial charge in [0.05, 0.1) is 18.4 Å². The lowest BCUT2D eigenvalue weighted by Gasteiger charge is -2.22. The Balaban J connectivity index is 1.87. The molecule has 1 aromatic carbocycles. The third-order valence-corrected chi connectivity index (χ3v) is 4.50. The quantitative estimate of drug-likeness (QED) is 0.916. The van der Waals surface area contributed by atoms with Gasteiger partial charge in [0.15, 0.2) is 0 Å². The van der Waals surface area contributed by atoms with Gasteiger partial charge in [-0.15, -0.1) is 0 Å². The Labute approximate surface area is 141 Å². The molecule has 0 bridgehead atoms. The molecule has 1 aromatic heterocycles. The van der Waals surface area contributed by atoms with Gasteiger partial charge >= 0.3 is 5.69 Å². The van der Waals surface area contributed by atoms with Crippen LogP contribution in [0.1, 0.15) is 37.8 Å². The summed E-state index contributed by atoms with van der Waals surface area (Å²) < 4.78 is 6.84. The molecule has 5 nitrogen and oxygen atoms in total. The Kier molecular flexibility index (Phi) is 4.45. The second-order valence-electron chi connectivity index (χ2n) is 7.03. The van der Waals surface area contributed by atoms with Crippen LogP contribution in [0.3, 0.4) is 0 Å². The molecule has 1 aliphatic rings. The van der Waals surface area contributed by atoms with Gasteiger partial charge in [-0.1, -0.05) is 18.2 Å². The maximum absolute atomic E-state index is 12.1. The molecule has 128 valence electrons. The number of rotatable bonds is 5. The van der Waals surface area contributed by atoms with E-state index in [1.807, 2.05) is 19.9 Å². The van der Waals surface area contributed by atoms with E-state index in [9.17, 15) is 9.90 Å². The summed E-state index contributed by atoms with van der Waals surface area (Å²) in [5.41, 5.74) is 3.60. The monoisotopic (exact) mass is 328 g/mol. The summed E-state index contributed by atoms with van der Waals surface area (Å²) in [7, 11) is 1.52. The van der Waals surface area contributed by atoms with Crippen LogP contribution in [0.4, 0.5) is 0 Å². The summed E-state index contributed by atoms with van der Waals surface area (Å²) >= 11 is 0. The van der Waals surface area contributed by atoms with Gasteiger partial charge in [0.2, 0.25) is 5.88 Å². The van der Waals surface area contributed by atoms with Gasteiger partial charge in [0, 0.05) is 18.2 Å². The van der Waals surface area contributed by atoms with Gasteiger partial charge in [-0.05, 0) is 50.7 Å². The normalized spacial score (nSPS) is 13.3. The standard InChI is InChI=1S/C19H24N2O3/c1-19(2,23)9-4-5-13-6-7-15-14(11-13)8-10-21-16(15)12-17(24-3)20-18(21)22/h6-7,11-12,23H,4-5,8-10H2,1-3H3. The molecule has 1 N–H and O–H groups in total. The summed E-state index contributed by atoms with van der Waals surface area (Å²) in [4.78, 5) is 16.0. The maximum Gasteiger partial charge on any atom is 0.351 e. The smallest absolute Gasteiger partial charge is 0.351 e. The Morgan fingerprint density at radius 1 is 1.33 bits per heavy atom. The summed E-state index contributed by atoms with van der Waals surface area (Å²) in [6.45, 7) is 4.33. The number of hydrogen-bond donors (Lipinski definition) is 1. The summed E-state index contributed by atoms with van der Waals surface area (Å²) in [6, 6.07) is 8.24. The van der Waals surface area contributed by atoms with Gasteiger partial charge in [-0.2, -0.15) is 4.98 Å². The zero-order valence-corrected chi connectivity index (χ0v) is 14.5. The van der Waals surface area contributed by atoms with Crippen LogP contribution in [-0.4, -0.2) is 27.4 Å². The number of benzene rings is 1. The summed E-state index contributed by atoms with van der Waals surface area (Å²) in [5.74, 6) is 0.355. The molecule has 0 radical (unpaired) electrons. The van der Waals surface area contributed by atoms with Crippen molar-refractivity contribution in [2.75, 3.05) is 7.11 Å². The fraction of sp³-hybridized carbons (Fsp3) is 0.474. The molecule has 0 amide bonds. The zero-order chi connectivity index (χ0) is 17.3. The molecule has 0 atom stereocenters. The predicted octanol–water partition coefficient (Wildman–Crippen LogP) is 2.57. The highest BCUT2D eigenvalue weighted by atomic mass is 16.5. The van der Waals surface area contributed by atoms with Crippen LogP contribution in [0.25, 0.3) is 11.3 Å². The van der Waals surface area contributed by atoms with Crippen LogP contribution in [0, 0.1) is 0 Å². The topological polar surface area (TPSA) is 64.4 Å². The molecule has 0 fully saturated rings. The summed E-state index contributed by atoms with van der Waals surface area (Å²) in [5, 5.41) is 9.82. The van der Waals surface area contributed by atoms with Crippen LogP contribution >= 0.6 is 0 Å². The number of nitrogens with zero attached hydrogens (tertiary/aromatic N) is 2. The Morgan fingerprint density at radius 3 is 2.83 bits per heavy atom. The average molecular weight is 328 g/mol. The Morgan fingerprint density at radius 2 is 2.12 bits per heavy atom. The minimum atomic E-state index is -0.613. The predicted molar refractivity (Wildman–Crippen MR) is 93.4 cm³/mol. The maximum atomic E-state index is 12.1. The first-order chi connectivity index (χ1) is 11.4. The van der Waals surface area contributed by atoms with Crippen LogP contribution in [0.15, 0.2) is 29.1 Å². The highest BCUT2D eigenvalue weighted by Gasteiger charge is 2.19. The van der Waals surface area contributed by atoms with Gasteiger partial charge in [0.25, 0.3) is 0 Å². The van der Waals surface area contributed by atoms with Crippen LogP contribution in [0.5, 0.6) is 5.88 Å². The second kappa shape index (κ2) is 6.40. The van der Waals surface area contributed by atoms with E-state index < -0.39 is 5.60 Å². The molecule has 0 spiro atoms. The number of hydrogen-bond acceptors (Lipinski definition) is 4. The first-order valence-corrected chi connectivity index (χ1v) is 8.38. The van der Waals surface area contributed by atoms with Crippen molar-refractivity contribution in [1.82, 2.24) is 9.55 Å². The van der Waals surface area contributed by atoms with Crippen molar-refractivity contribution >= 4 is 0 Å². The number of aliphatic hydroxyl groups is 1. The van der Waals surface area contributed by atoms with Gasteiger partial charge < -0.3 is 9.84 Å². The zero-order valence-electron chi connectivity index (χ0n) is 14.5. The van der Waals surface area contributed by atoms with Crippen molar-refractivity contribution in [2.45, 2.75) is 51.7 Å².